The third-order valence-electron chi connectivity index (χ3n) is 2.78. The Bertz CT molecular complexity index is 330. The summed E-state index contributed by atoms with van der Waals surface area (Å²) in [5, 5.41) is 8.86. The second-order valence-electron chi connectivity index (χ2n) is 3.95. The molecule has 1 aromatic rings. The highest BCUT2D eigenvalue weighted by Gasteiger charge is 2.19. The number of hydrogen-bond acceptors (Lipinski definition) is 4. The summed E-state index contributed by atoms with van der Waals surface area (Å²) in [6.45, 7) is 6.90. The van der Waals surface area contributed by atoms with Gasteiger partial charge in [0, 0.05) is 24.6 Å². The van der Waals surface area contributed by atoms with Crippen molar-refractivity contribution in [1.29, 1.82) is 0 Å². The first-order valence-corrected chi connectivity index (χ1v) is 6.73. The number of halogens is 1. The van der Waals surface area contributed by atoms with Gasteiger partial charge in [-0.1, -0.05) is 28.1 Å². The topological polar surface area (TPSA) is 43.2 Å². The maximum Gasteiger partial charge on any atom is 0.0932 e. The Balaban J connectivity index is 1.88. The summed E-state index contributed by atoms with van der Waals surface area (Å²) in [4.78, 5) is 2.40. The van der Waals surface area contributed by atoms with Crippen LogP contribution in [-0.2, 0) is 16.6 Å². The zero-order valence-electron chi connectivity index (χ0n) is 9.47. The molecular weight excluding hydrogens is 272 g/mol. The lowest BCUT2D eigenvalue weighted by Gasteiger charge is -2.31. The van der Waals surface area contributed by atoms with Crippen molar-refractivity contribution in [2.75, 3.05) is 26.2 Å². The lowest BCUT2D eigenvalue weighted by atomic mass is 10.2. The fraction of sp³-hybridized carbons (Fsp3) is 0.800. The number of alkyl halides is 1. The van der Waals surface area contributed by atoms with Crippen LogP contribution in [0.1, 0.15) is 12.6 Å². The number of ether oxygens (including phenoxy) is 1. The molecule has 2 rings (SSSR count). The van der Waals surface area contributed by atoms with Gasteiger partial charge in [0.15, 0.2) is 0 Å². The first-order valence-electron chi connectivity index (χ1n) is 5.60. The van der Waals surface area contributed by atoms with Gasteiger partial charge in [0.1, 0.15) is 0 Å². The molecule has 6 heteroatoms. The van der Waals surface area contributed by atoms with Crippen LogP contribution in [0.5, 0.6) is 0 Å². The molecule has 1 fully saturated rings. The number of rotatable bonds is 4. The van der Waals surface area contributed by atoms with E-state index in [0.29, 0.717) is 0 Å². The van der Waals surface area contributed by atoms with Crippen molar-refractivity contribution in [2.45, 2.75) is 24.9 Å². The van der Waals surface area contributed by atoms with Crippen LogP contribution in [0.4, 0.5) is 0 Å². The molecule has 1 unspecified atom stereocenters. The molecular formula is C10H17BrN4O. The number of aromatic nitrogens is 3. The molecule has 0 aromatic carbocycles. The van der Waals surface area contributed by atoms with E-state index in [2.05, 4.69) is 38.1 Å². The zero-order chi connectivity index (χ0) is 11.4. The number of likely N-dealkylation sites (N-methyl/N-ethyl adjacent to an activating group) is 1. The first-order chi connectivity index (χ1) is 7.81. The summed E-state index contributed by atoms with van der Waals surface area (Å²) >= 11 is 3.36. The maximum absolute atomic E-state index is 5.71. The van der Waals surface area contributed by atoms with E-state index in [0.717, 1.165) is 43.8 Å². The van der Waals surface area contributed by atoms with Gasteiger partial charge in [-0.15, -0.1) is 5.10 Å². The standard InChI is InChI=1S/C10H17BrN4O/c1-2-14-3-4-16-10(7-14)8-15-6-9(5-11)12-13-15/h6,10H,2-5,7-8H2,1H3. The third-order valence-corrected chi connectivity index (χ3v) is 3.36. The molecule has 0 bridgehead atoms. The first kappa shape index (κ1) is 12.0. The summed E-state index contributed by atoms with van der Waals surface area (Å²) in [7, 11) is 0. The van der Waals surface area contributed by atoms with Gasteiger partial charge in [0.2, 0.25) is 0 Å². The van der Waals surface area contributed by atoms with E-state index in [1.165, 1.54) is 0 Å². The van der Waals surface area contributed by atoms with Gasteiger partial charge in [-0.2, -0.15) is 0 Å². The van der Waals surface area contributed by atoms with E-state index in [1.54, 1.807) is 0 Å². The summed E-state index contributed by atoms with van der Waals surface area (Å²) in [5.41, 5.74) is 0.961. The molecule has 1 saturated heterocycles. The molecule has 0 amide bonds. The molecule has 90 valence electrons. The van der Waals surface area contributed by atoms with Gasteiger partial charge in [0.05, 0.1) is 24.9 Å². The normalized spacial score (nSPS) is 22.5. The molecule has 2 heterocycles. The minimum atomic E-state index is 0.235. The lowest BCUT2D eigenvalue weighted by Crippen LogP contribution is -2.44. The zero-order valence-corrected chi connectivity index (χ0v) is 11.1. The summed E-state index contributed by atoms with van der Waals surface area (Å²) in [6.07, 6.45) is 2.20. The van der Waals surface area contributed by atoms with Crippen LogP contribution in [-0.4, -0.2) is 52.2 Å². The Labute approximate surface area is 104 Å². The molecule has 0 spiro atoms. The molecule has 0 N–H and O–H groups in total. The Kier molecular flexibility index (Phi) is 4.31. The second kappa shape index (κ2) is 5.75. The van der Waals surface area contributed by atoms with Gasteiger partial charge in [-0.25, -0.2) is 4.68 Å². The minimum Gasteiger partial charge on any atom is -0.374 e. The largest absolute Gasteiger partial charge is 0.374 e. The smallest absolute Gasteiger partial charge is 0.0932 e. The van der Waals surface area contributed by atoms with Crippen molar-refractivity contribution in [3.05, 3.63) is 11.9 Å². The van der Waals surface area contributed by atoms with Crippen molar-refractivity contribution < 1.29 is 4.74 Å². The van der Waals surface area contributed by atoms with Crippen LogP contribution in [0.2, 0.25) is 0 Å². The van der Waals surface area contributed by atoms with E-state index in [-0.39, 0.29) is 6.10 Å². The van der Waals surface area contributed by atoms with E-state index in [1.807, 2.05) is 10.9 Å². The van der Waals surface area contributed by atoms with Crippen LogP contribution in [0.15, 0.2) is 6.20 Å². The lowest BCUT2D eigenvalue weighted by molar-refractivity contribution is -0.0360. The van der Waals surface area contributed by atoms with Crippen molar-refractivity contribution in [1.82, 2.24) is 19.9 Å². The molecule has 1 atom stereocenters. The molecule has 16 heavy (non-hydrogen) atoms. The summed E-state index contributed by atoms with van der Waals surface area (Å²) in [6, 6.07) is 0. The molecule has 1 aromatic heterocycles. The van der Waals surface area contributed by atoms with Crippen LogP contribution in [0.25, 0.3) is 0 Å². The minimum absolute atomic E-state index is 0.235. The van der Waals surface area contributed by atoms with E-state index in [4.69, 9.17) is 4.74 Å². The van der Waals surface area contributed by atoms with Crippen molar-refractivity contribution >= 4 is 15.9 Å². The van der Waals surface area contributed by atoms with Crippen molar-refractivity contribution in [3.63, 3.8) is 0 Å². The predicted octanol–water partition coefficient (Wildman–Crippen LogP) is 0.894. The highest BCUT2D eigenvalue weighted by atomic mass is 79.9. The average molecular weight is 289 g/mol. The number of hydrogen-bond donors (Lipinski definition) is 0. The molecule has 0 saturated carbocycles. The van der Waals surface area contributed by atoms with Gasteiger partial charge in [-0.3, -0.25) is 4.90 Å². The van der Waals surface area contributed by atoms with E-state index in [9.17, 15) is 0 Å². The number of nitrogens with zero attached hydrogens (tertiary/aromatic N) is 4. The molecule has 1 aliphatic rings. The quantitative estimate of drug-likeness (QED) is 0.772. The molecule has 5 nitrogen and oxygen atoms in total. The number of morpholine rings is 1. The van der Waals surface area contributed by atoms with Gasteiger partial charge in [0.25, 0.3) is 0 Å². The highest BCUT2D eigenvalue weighted by Crippen LogP contribution is 2.07. The second-order valence-corrected chi connectivity index (χ2v) is 4.51. The molecule has 0 aliphatic carbocycles. The molecule has 0 radical (unpaired) electrons. The van der Waals surface area contributed by atoms with Crippen LogP contribution in [0.3, 0.4) is 0 Å². The maximum atomic E-state index is 5.71. The fourth-order valence-corrected chi connectivity index (χ4v) is 2.13. The van der Waals surface area contributed by atoms with Crippen LogP contribution in [0, 0.1) is 0 Å². The molecule has 1 aliphatic heterocycles. The predicted molar refractivity (Wildman–Crippen MR) is 64.5 cm³/mol. The highest BCUT2D eigenvalue weighted by molar-refractivity contribution is 9.08. The van der Waals surface area contributed by atoms with E-state index >= 15 is 0 Å². The van der Waals surface area contributed by atoms with Crippen molar-refractivity contribution in [2.24, 2.45) is 0 Å². The third kappa shape index (κ3) is 3.02. The summed E-state index contributed by atoms with van der Waals surface area (Å²) in [5.74, 6) is 0. The SMILES string of the molecule is CCN1CCOC(Cn2cc(CBr)nn2)C1. The summed E-state index contributed by atoms with van der Waals surface area (Å²) < 4.78 is 7.58. The fourth-order valence-electron chi connectivity index (χ4n) is 1.88. The van der Waals surface area contributed by atoms with Gasteiger partial charge >= 0.3 is 0 Å². The monoisotopic (exact) mass is 288 g/mol. The Morgan fingerprint density at radius 3 is 3.19 bits per heavy atom. The average Bonchev–Trinajstić information content (AvgIpc) is 2.77. The van der Waals surface area contributed by atoms with Crippen molar-refractivity contribution in [3.8, 4) is 0 Å². The Morgan fingerprint density at radius 1 is 1.62 bits per heavy atom. The van der Waals surface area contributed by atoms with Crippen LogP contribution < -0.4 is 0 Å². The van der Waals surface area contributed by atoms with Gasteiger partial charge < -0.3 is 4.74 Å². The van der Waals surface area contributed by atoms with E-state index < -0.39 is 0 Å². The van der Waals surface area contributed by atoms with Crippen LogP contribution >= 0.6 is 15.9 Å². The Morgan fingerprint density at radius 2 is 2.50 bits per heavy atom. The van der Waals surface area contributed by atoms with Gasteiger partial charge in [-0.05, 0) is 6.54 Å². The Hall–Kier alpha value is -0.460.